The van der Waals surface area contributed by atoms with Crippen molar-refractivity contribution in [2.75, 3.05) is 6.61 Å². The van der Waals surface area contributed by atoms with Crippen molar-refractivity contribution < 1.29 is 23.1 Å². The van der Waals surface area contributed by atoms with Crippen molar-refractivity contribution in [2.24, 2.45) is 0 Å². The molecule has 1 rings (SSSR count). The van der Waals surface area contributed by atoms with Crippen molar-refractivity contribution in [1.29, 1.82) is 0 Å². The van der Waals surface area contributed by atoms with E-state index < -0.39 is 12.4 Å². The SMILES string of the molecule is CCCOC(=O)CCC(=O)c1ccc(C(F)F)cc1. The largest absolute Gasteiger partial charge is 0.466 e. The van der Waals surface area contributed by atoms with Crippen LogP contribution in [0, 0.1) is 0 Å². The van der Waals surface area contributed by atoms with Gasteiger partial charge >= 0.3 is 5.97 Å². The highest BCUT2D eigenvalue weighted by Crippen LogP contribution is 2.19. The molecule has 0 aliphatic heterocycles. The highest BCUT2D eigenvalue weighted by molar-refractivity contribution is 5.97. The molecule has 1 aromatic carbocycles. The Morgan fingerprint density at radius 1 is 1.16 bits per heavy atom. The summed E-state index contributed by atoms with van der Waals surface area (Å²) in [6, 6.07) is 5.13. The van der Waals surface area contributed by atoms with Crippen LogP contribution in [0.2, 0.25) is 0 Å². The van der Waals surface area contributed by atoms with Gasteiger partial charge in [0, 0.05) is 17.5 Å². The molecule has 19 heavy (non-hydrogen) atoms. The topological polar surface area (TPSA) is 43.4 Å². The first-order valence-electron chi connectivity index (χ1n) is 6.11. The molecule has 0 amide bonds. The van der Waals surface area contributed by atoms with E-state index in [1.165, 1.54) is 24.3 Å². The molecule has 0 atom stereocenters. The van der Waals surface area contributed by atoms with Gasteiger partial charge in [-0.05, 0) is 6.42 Å². The second kappa shape index (κ2) is 7.61. The van der Waals surface area contributed by atoms with Gasteiger partial charge in [0.25, 0.3) is 6.43 Å². The third-order valence-corrected chi connectivity index (χ3v) is 2.51. The van der Waals surface area contributed by atoms with Gasteiger partial charge < -0.3 is 4.74 Å². The number of alkyl halides is 2. The molecule has 5 heteroatoms. The van der Waals surface area contributed by atoms with Crippen molar-refractivity contribution in [1.82, 2.24) is 0 Å². The zero-order valence-corrected chi connectivity index (χ0v) is 10.7. The molecule has 104 valence electrons. The Bertz CT molecular complexity index is 427. The quantitative estimate of drug-likeness (QED) is 0.562. The number of benzene rings is 1. The Morgan fingerprint density at radius 2 is 1.79 bits per heavy atom. The van der Waals surface area contributed by atoms with Crippen molar-refractivity contribution >= 4 is 11.8 Å². The second-order valence-corrected chi connectivity index (χ2v) is 4.07. The third-order valence-electron chi connectivity index (χ3n) is 2.51. The van der Waals surface area contributed by atoms with Gasteiger partial charge in [-0.3, -0.25) is 9.59 Å². The van der Waals surface area contributed by atoms with E-state index in [1.54, 1.807) is 0 Å². The van der Waals surface area contributed by atoms with Crippen LogP contribution < -0.4 is 0 Å². The van der Waals surface area contributed by atoms with E-state index in [0.717, 1.165) is 6.42 Å². The van der Waals surface area contributed by atoms with E-state index >= 15 is 0 Å². The Morgan fingerprint density at radius 3 is 2.32 bits per heavy atom. The van der Waals surface area contributed by atoms with Crippen LogP contribution in [0.3, 0.4) is 0 Å². The number of ether oxygens (including phenoxy) is 1. The fourth-order valence-electron chi connectivity index (χ4n) is 1.46. The lowest BCUT2D eigenvalue weighted by atomic mass is 10.0. The van der Waals surface area contributed by atoms with Gasteiger partial charge in [0.1, 0.15) is 0 Å². The second-order valence-electron chi connectivity index (χ2n) is 4.07. The van der Waals surface area contributed by atoms with Crippen LogP contribution in [0.25, 0.3) is 0 Å². The first kappa shape index (κ1) is 15.3. The minimum atomic E-state index is -2.55. The van der Waals surface area contributed by atoms with E-state index in [2.05, 4.69) is 0 Å². The molecular formula is C14H16F2O3. The fourth-order valence-corrected chi connectivity index (χ4v) is 1.46. The summed E-state index contributed by atoms with van der Waals surface area (Å²) < 4.78 is 29.5. The van der Waals surface area contributed by atoms with Crippen LogP contribution in [0.15, 0.2) is 24.3 Å². The summed E-state index contributed by atoms with van der Waals surface area (Å²) in [4.78, 5) is 22.9. The number of carbonyl (C=O) groups is 2. The molecule has 0 radical (unpaired) electrons. The minimum Gasteiger partial charge on any atom is -0.466 e. The summed E-state index contributed by atoms with van der Waals surface area (Å²) in [5, 5.41) is 0. The zero-order valence-electron chi connectivity index (χ0n) is 10.7. The molecule has 0 saturated heterocycles. The van der Waals surface area contributed by atoms with Crippen molar-refractivity contribution in [3.63, 3.8) is 0 Å². The molecule has 0 aromatic heterocycles. The van der Waals surface area contributed by atoms with Gasteiger partial charge in [-0.1, -0.05) is 31.2 Å². The lowest BCUT2D eigenvalue weighted by Gasteiger charge is -2.04. The van der Waals surface area contributed by atoms with Gasteiger partial charge in [0.05, 0.1) is 13.0 Å². The Hall–Kier alpha value is -1.78. The number of halogens is 2. The highest BCUT2D eigenvalue weighted by atomic mass is 19.3. The number of ketones is 1. The molecule has 0 N–H and O–H groups in total. The average molecular weight is 270 g/mol. The van der Waals surface area contributed by atoms with Crippen LogP contribution in [-0.2, 0) is 9.53 Å². The Labute approximate surface area is 110 Å². The van der Waals surface area contributed by atoms with E-state index in [-0.39, 0.29) is 24.2 Å². The molecule has 0 aliphatic rings. The average Bonchev–Trinajstić information content (AvgIpc) is 2.42. The summed E-state index contributed by atoms with van der Waals surface area (Å²) in [6.45, 7) is 2.22. The summed E-state index contributed by atoms with van der Waals surface area (Å²) in [7, 11) is 0. The molecule has 3 nitrogen and oxygen atoms in total. The van der Waals surface area contributed by atoms with E-state index in [1.807, 2.05) is 6.92 Å². The standard InChI is InChI=1S/C14H16F2O3/c1-2-9-19-13(18)8-7-12(17)10-3-5-11(6-4-10)14(15)16/h3-6,14H,2,7-9H2,1H3. The van der Waals surface area contributed by atoms with Crippen molar-refractivity contribution in [3.05, 3.63) is 35.4 Å². The van der Waals surface area contributed by atoms with Gasteiger partial charge in [0.15, 0.2) is 5.78 Å². The predicted molar refractivity (Wildman–Crippen MR) is 66.2 cm³/mol. The summed E-state index contributed by atoms with van der Waals surface area (Å²) in [5.41, 5.74) is 0.201. The molecule has 0 spiro atoms. The van der Waals surface area contributed by atoms with Crippen LogP contribution in [0.1, 0.15) is 48.5 Å². The number of Topliss-reactive ketones (excluding diaryl/α,β-unsaturated/α-hetero) is 1. The molecule has 0 unspecified atom stereocenters. The molecule has 0 saturated carbocycles. The maximum atomic E-state index is 12.3. The van der Waals surface area contributed by atoms with E-state index in [9.17, 15) is 18.4 Å². The molecule has 0 bridgehead atoms. The summed E-state index contributed by atoms with van der Waals surface area (Å²) in [5.74, 6) is -0.673. The number of esters is 1. The number of rotatable bonds is 7. The predicted octanol–water partition coefficient (Wildman–Crippen LogP) is 3.54. The molecule has 0 aliphatic carbocycles. The third kappa shape index (κ3) is 5.16. The summed E-state index contributed by atoms with van der Waals surface area (Å²) in [6.07, 6.45) is -1.78. The van der Waals surface area contributed by atoms with Crippen LogP contribution in [-0.4, -0.2) is 18.4 Å². The number of carbonyl (C=O) groups excluding carboxylic acids is 2. The first-order chi connectivity index (χ1) is 9.04. The smallest absolute Gasteiger partial charge is 0.306 e. The molecule has 1 aromatic rings. The molecule has 0 fully saturated rings. The van der Waals surface area contributed by atoms with Crippen LogP contribution in [0.4, 0.5) is 8.78 Å². The van der Waals surface area contributed by atoms with Gasteiger partial charge in [-0.2, -0.15) is 0 Å². The highest BCUT2D eigenvalue weighted by Gasteiger charge is 2.12. The maximum Gasteiger partial charge on any atom is 0.306 e. The Kier molecular flexibility index (Phi) is 6.12. The van der Waals surface area contributed by atoms with Crippen molar-refractivity contribution in [3.8, 4) is 0 Å². The normalized spacial score (nSPS) is 10.5. The summed E-state index contributed by atoms with van der Waals surface area (Å²) >= 11 is 0. The number of hydrogen-bond donors (Lipinski definition) is 0. The van der Waals surface area contributed by atoms with Gasteiger partial charge in [0.2, 0.25) is 0 Å². The molecular weight excluding hydrogens is 254 g/mol. The first-order valence-corrected chi connectivity index (χ1v) is 6.11. The van der Waals surface area contributed by atoms with Crippen LogP contribution >= 0.6 is 0 Å². The van der Waals surface area contributed by atoms with Gasteiger partial charge in [-0.25, -0.2) is 8.78 Å². The van der Waals surface area contributed by atoms with Gasteiger partial charge in [-0.15, -0.1) is 0 Å². The number of hydrogen-bond acceptors (Lipinski definition) is 3. The molecule has 0 heterocycles. The van der Waals surface area contributed by atoms with E-state index in [0.29, 0.717) is 12.2 Å². The zero-order chi connectivity index (χ0) is 14.3. The Balaban J connectivity index is 2.47. The lowest BCUT2D eigenvalue weighted by Crippen LogP contribution is -2.08. The van der Waals surface area contributed by atoms with Crippen LogP contribution in [0.5, 0.6) is 0 Å². The minimum absolute atomic E-state index is 0.00936. The maximum absolute atomic E-state index is 12.3. The fraction of sp³-hybridized carbons (Fsp3) is 0.429. The lowest BCUT2D eigenvalue weighted by molar-refractivity contribution is -0.143. The van der Waals surface area contributed by atoms with E-state index in [4.69, 9.17) is 4.74 Å². The monoisotopic (exact) mass is 270 g/mol. The van der Waals surface area contributed by atoms with Crippen molar-refractivity contribution in [2.45, 2.75) is 32.6 Å².